The number of hydrogen-bond donors (Lipinski definition) is 0. The molecule has 0 saturated carbocycles. The van der Waals surface area contributed by atoms with Crippen molar-refractivity contribution >= 4 is 55.3 Å². The molecule has 2 aliphatic rings. The van der Waals surface area contributed by atoms with Crippen LogP contribution >= 0.6 is 0 Å². The summed E-state index contributed by atoms with van der Waals surface area (Å²) in [5.41, 5.74) is 17.6. The average molecular weight is 732 g/mol. The molecule has 9 aromatic rings. The maximum Gasteiger partial charge on any atom is 0.143 e. The zero-order valence-electron chi connectivity index (χ0n) is 32.2. The van der Waals surface area contributed by atoms with Crippen molar-refractivity contribution in [1.82, 2.24) is 0 Å². The lowest BCUT2D eigenvalue weighted by Gasteiger charge is -2.29. The Kier molecular flexibility index (Phi) is 7.69. The number of anilines is 3. The van der Waals surface area contributed by atoms with Gasteiger partial charge in [0.2, 0.25) is 0 Å². The minimum Gasteiger partial charge on any atom is -0.455 e. The van der Waals surface area contributed by atoms with Crippen molar-refractivity contribution in [2.75, 3.05) is 4.90 Å². The topological polar surface area (TPSA) is 16.4 Å². The molecule has 0 spiro atoms. The van der Waals surface area contributed by atoms with Crippen molar-refractivity contribution < 1.29 is 4.42 Å². The molecule has 0 fully saturated rings. The Hall–Kier alpha value is -6.90. The van der Waals surface area contributed by atoms with Crippen LogP contribution < -0.4 is 4.90 Å². The summed E-state index contributed by atoms with van der Waals surface area (Å²) in [6.45, 7) is 4.72. The highest BCUT2D eigenvalue weighted by atomic mass is 16.3. The molecule has 0 unspecified atom stereocenters. The Bertz CT molecular complexity index is 3090. The van der Waals surface area contributed by atoms with E-state index in [9.17, 15) is 0 Å². The summed E-state index contributed by atoms with van der Waals surface area (Å²) in [4.78, 5) is 2.47. The fourth-order valence-electron chi connectivity index (χ4n) is 9.52. The molecule has 8 aromatic carbocycles. The number of furan rings is 1. The predicted octanol–water partition coefficient (Wildman–Crippen LogP) is 15.6. The van der Waals surface area contributed by atoms with Crippen molar-refractivity contribution in [1.29, 1.82) is 0 Å². The van der Waals surface area contributed by atoms with Crippen LogP contribution in [0.3, 0.4) is 0 Å². The average Bonchev–Trinajstić information content (AvgIpc) is 3.77. The molecule has 0 aliphatic heterocycles. The first-order chi connectivity index (χ1) is 28.0. The van der Waals surface area contributed by atoms with Crippen LogP contribution in [0.15, 0.2) is 193 Å². The molecule has 0 saturated heterocycles. The van der Waals surface area contributed by atoms with E-state index in [4.69, 9.17) is 4.42 Å². The lowest BCUT2D eigenvalue weighted by molar-refractivity contribution is 0.660. The predicted molar refractivity (Wildman–Crippen MR) is 241 cm³/mol. The van der Waals surface area contributed by atoms with Gasteiger partial charge in [0.1, 0.15) is 11.2 Å². The molecule has 1 aromatic heterocycles. The molecule has 0 N–H and O–H groups in total. The van der Waals surface area contributed by atoms with E-state index in [1.54, 1.807) is 0 Å². The van der Waals surface area contributed by atoms with Gasteiger partial charge < -0.3 is 9.32 Å². The van der Waals surface area contributed by atoms with Crippen molar-refractivity contribution in [3.05, 3.63) is 205 Å². The SMILES string of the molecule is CC1(C)c2ccccc2-c2ccc(N(c3ccc(C4=CCCC=C4)cc3)c3cc4c(oc5cccc(-c6ccccc6-c6ccccc6)c54)c4ccccc34)cc21. The molecule has 0 bridgehead atoms. The number of benzene rings is 8. The summed E-state index contributed by atoms with van der Waals surface area (Å²) < 4.78 is 6.89. The third kappa shape index (κ3) is 5.32. The van der Waals surface area contributed by atoms with Crippen molar-refractivity contribution in [3.63, 3.8) is 0 Å². The largest absolute Gasteiger partial charge is 0.455 e. The van der Waals surface area contributed by atoms with E-state index in [1.165, 1.54) is 50.1 Å². The molecule has 2 nitrogen and oxygen atoms in total. The monoisotopic (exact) mass is 731 g/mol. The van der Waals surface area contributed by atoms with Gasteiger partial charge in [-0.3, -0.25) is 0 Å². The first-order valence-corrected chi connectivity index (χ1v) is 20.1. The summed E-state index contributed by atoms with van der Waals surface area (Å²) in [6.07, 6.45) is 9.08. The summed E-state index contributed by atoms with van der Waals surface area (Å²) in [6, 6.07) is 62.1. The zero-order chi connectivity index (χ0) is 38.1. The van der Waals surface area contributed by atoms with Crippen LogP contribution in [-0.4, -0.2) is 0 Å². The summed E-state index contributed by atoms with van der Waals surface area (Å²) in [5.74, 6) is 0. The van der Waals surface area contributed by atoms with Crippen molar-refractivity contribution in [2.24, 2.45) is 0 Å². The molecule has 272 valence electrons. The van der Waals surface area contributed by atoms with Crippen LogP contribution in [0.5, 0.6) is 0 Å². The van der Waals surface area contributed by atoms with Gasteiger partial charge in [-0.05, 0) is 105 Å². The third-order valence-electron chi connectivity index (χ3n) is 12.3. The Morgan fingerprint density at radius 3 is 1.98 bits per heavy atom. The van der Waals surface area contributed by atoms with Crippen LogP contribution in [-0.2, 0) is 5.41 Å². The fraction of sp³-hybridized carbons (Fsp3) is 0.0909. The molecule has 2 aliphatic carbocycles. The second kappa shape index (κ2) is 13.1. The van der Waals surface area contributed by atoms with Gasteiger partial charge in [-0.1, -0.05) is 166 Å². The molecular weight excluding hydrogens is 691 g/mol. The third-order valence-corrected chi connectivity index (χ3v) is 12.3. The van der Waals surface area contributed by atoms with Crippen LogP contribution in [0.4, 0.5) is 17.1 Å². The molecule has 2 heteroatoms. The highest BCUT2D eigenvalue weighted by Gasteiger charge is 2.36. The van der Waals surface area contributed by atoms with E-state index in [2.05, 4.69) is 207 Å². The number of fused-ring (bicyclic) bond motifs is 8. The molecule has 11 rings (SSSR count). The van der Waals surface area contributed by atoms with Crippen molar-refractivity contribution in [3.8, 4) is 33.4 Å². The molecule has 0 amide bonds. The lowest BCUT2D eigenvalue weighted by Crippen LogP contribution is -2.16. The fourth-order valence-corrected chi connectivity index (χ4v) is 9.52. The number of allylic oxidation sites excluding steroid dienone is 4. The number of nitrogens with zero attached hydrogens (tertiary/aromatic N) is 1. The second-order valence-corrected chi connectivity index (χ2v) is 15.9. The maximum absolute atomic E-state index is 6.89. The molecule has 0 atom stereocenters. The van der Waals surface area contributed by atoms with E-state index in [-0.39, 0.29) is 5.41 Å². The highest BCUT2D eigenvalue weighted by molar-refractivity contribution is 6.23. The Morgan fingerprint density at radius 1 is 0.491 bits per heavy atom. The maximum atomic E-state index is 6.89. The van der Waals surface area contributed by atoms with Gasteiger partial charge in [-0.25, -0.2) is 0 Å². The summed E-state index contributed by atoms with van der Waals surface area (Å²) >= 11 is 0. The Labute approximate surface area is 333 Å². The smallest absolute Gasteiger partial charge is 0.143 e. The van der Waals surface area contributed by atoms with Crippen molar-refractivity contribution in [2.45, 2.75) is 32.1 Å². The van der Waals surface area contributed by atoms with E-state index in [1.807, 2.05) is 0 Å². The van der Waals surface area contributed by atoms with E-state index >= 15 is 0 Å². The first-order valence-electron chi connectivity index (χ1n) is 20.1. The van der Waals surface area contributed by atoms with Crippen LogP contribution in [0.25, 0.3) is 71.7 Å². The Morgan fingerprint density at radius 2 is 1.18 bits per heavy atom. The minimum atomic E-state index is -0.134. The zero-order valence-corrected chi connectivity index (χ0v) is 32.2. The molecule has 57 heavy (non-hydrogen) atoms. The van der Waals surface area contributed by atoms with Gasteiger partial charge in [-0.2, -0.15) is 0 Å². The van der Waals surface area contributed by atoms with Crippen LogP contribution in [0.1, 0.15) is 43.4 Å². The van der Waals surface area contributed by atoms with Gasteiger partial charge >= 0.3 is 0 Å². The number of rotatable bonds is 6. The van der Waals surface area contributed by atoms with Gasteiger partial charge in [0.25, 0.3) is 0 Å². The normalized spacial score (nSPS) is 14.2. The molecule has 1 heterocycles. The minimum absolute atomic E-state index is 0.134. The quantitative estimate of drug-likeness (QED) is 0.169. The second-order valence-electron chi connectivity index (χ2n) is 15.9. The standard InChI is InChI=1S/C55H41NO/c1-55(2)49-26-14-13-22-43(49)44-33-32-40(34-50(44)55)56(39-30-28-37(29-31-39)36-16-5-3-6-17-36)51-35-48-53-46(42-21-10-9-20-41(42)38-18-7-4-8-19-38)25-15-27-52(53)57-54(48)47-24-12-11-23-45(47)51/h4-5,7-35H,3,6H2,1-2H3. The van der Waals surface area contributed by atoms with Crippen LogP contribution in [0.2, 0.25) is 0 Å². The number of hydrogen-bond acceptors (Lipinski definition) is 2. The van der Waals surface area contributed by atoms with E-state index < -0.39 is 0 Å². The van der Waals surface area contributed by atoms with E-state index in [0.29, 0.717) is 0 Å². The lowest BCUT2D eigenvalue weighted by atomic mass is 9.82. The van der Waals surface area contributed by atoms with Gasteiger partial charge in [0, 0.05) is 38.3 Å². The van der Waals surface area contributed by atoms with E-state index in [0.717, 1.165) is 68.2 Å². The molecule has 0 radical (unpaired) electrons. The van der Waals surface area contributed by atoms with Gasteiger partial charge in [0.05, 0.1) is 5.69 Å². The Balaban J connectivity index is 1.18. The van der Waals surface area contributed by atoms with Gasteiger partial charge in [0.15, 0.2) is 0 Å². The summed E-state index contributed by atoms with van der Waals surface area (Å²) in [5, 5.41) is 4.46. The first kappa shape index (κ1) is 33.4. The highest BCUT2D eigenvalue weighted by Crippen LogP contribution is 2.52. The molecular formula is C55H41NO. The van der Waals surface area contributed by atoms with Gasteiger partial charge in [-0.15, -0.1) is 0 Å². The summed E-state index contributed by atoms with van der Waals surface area (Å²) in [7, 11) is 0. The van der Waals surface area contributed by atoms with Crippen LogP contribution in [0, 0.1) is 0 Å².